The lowest BCUT2D eigenvalue weighted by Crippen LogP contribution is -2.56. The second kappa shape index (κ2) is 4.44. The average molecular weight is 280 g/mol. The molecule has 0 aromatic rings. The van der Waals surface area contributed by atoms with Crippen molar-refractivity contribution in [1.29, 1.82) is 0 Å². The molecule has 1 atom stereocenters. The minimum absolute atomic E-state index is 0.0808. The molecular formula is C15H24N2OS. The summed E-state index contributed by atoms with van der Waals surface area (Å²) in [5.74, 6) is 2.68. The van der Waals surface area contributed by atoms with Crippen LogP contribution in [0.1, 0.15) is 45.4 Å². The van der Waals surface area contributed by atoms with E-state index in [9.17, 15) is 4.79 Å². The van der Waals surface area contributed by atoms with E-state index >= 15 is 0 Å². The van der Waals surface area contributed by atoms with Gasteiger partial charge in [0.25, 0.3) is 0 Å². The Bertz CT molecular complexity index is 385. The van der Waals surface area contributed by atoms with E-state index in [-0.39, 0.29) is 11.5 Å². The van der Waals surface area contributed by atoms with Crippen LogP contribution in [0.5, 0.6) is 0 Å². The van der Waals surface area contributed by atoms with E-state index in [0.717, 1.165) is 37.0 Å². The summed E-state index contributed by atoms with van der Waals surface area (Å²) in [5.41, 5.74) is 5.62. The summed E-state index contributed by atoms with van der Waals surface area (Å²) in [5, 5.41) is 0. The second-order valence-corrected chi connectivity index (χ2v) is 7.66. The molecule has 4 aliphatic rings. The largest absolute Gasteiger partial charge is 0.392 e. The Hall–Kier alpha value is -0.640. The van der Waals surface area contributed by atoms with Gasteiger partial charge in [-0.1, -0.05) is 12.2 Å². The zero-order valence-electron chi connectivity index (χ0n) is 11.9. The van der Waals surface area contributed by atoms with Crippen LogP contribution >= 0.6 is 12.2 Å². The van der Waals surface area contributed by atoms with Crippen LogP contribution in [-0.2, 0) is 4.79 Å². The normalized spacial score (nSPS) is 41.1. The predicted octanol–water partition coefficient (Wildman–Crippen LogP) is 2.34. The minimum atomic E-state index is -0.129. The molecule has 0 aromatic carbocycles. The van der Waals surface area contributed by atoms with Crippen LogP contribution in [-0.4, -0.2) is 28.9 Å². The maximum atomic E-state index is 13.0. The van der Waals surface area contributed by atoms with E-state index in [2.05, 4.69) is 0 Å². The third-order valence-electron chi connectivity index (χ3n) is 5.80. The van der Waals surface area contributed by atoms with Crippen LogP contribution in [0.15, 0.2) is 0 Å². The molecule has 106 valence electrons. The van der Waals surface area contributed by atoms with Crippen molar-refractivity contribution in [2.45, 2.75) is 51.5 Å². The average Bonchev–Trinajstić information content (AvgIpc) is 2.34. The van der Waals surface area contributed by atoms with Crippen LogP contribution in [0, 0.1) is 23.2 Å². The number of hydrogen-bond donors (Lipinski definition) is 1. The zero-order valence-corrected chi connectivity index (χ0v) is 12.7. The molecule has 4 heteroatoms. The lowest BCUT2D eigenvalue weighted by atomic mass is 9.49. The molecular weight excluding hydrogens is 256 g/mol. The zero-order chi connectivity index (χ0) is 13.8. The maximum absolute atomic E-state index is 13.0. The van der Waals surface area contributed by atoms with Gasteiger partial charge in [-0.05, 0) is 63.2 Å². The summed E-state index contributed by atoms with van der Waals surface area (Å²) in [6.45, 7) is 1.93. The minimum Gasteiger partial charge on any atom is -0.392 e. The molecule has 4 fully saturated rings. The standard InChI is InChI=1S/C15H24N2OS/c1-9(13(16)19)17(2)14(18)15-6-10-3-11(7-15)5-12(4-10)8-15/h9-12H,3-8H2,1-2H3,(H2,16,19). The van der Waals surface area contributed by atoms with E-state index in [4.69, 9.17) is 18.0 Å². The number of carbonyl (C=O) groups excluding carboxylic acids is 1. The molecule has 0 spiro atoms. The highest BCUT2D eigenvalue weighted by Crippen LogP contribution is 2.60. The summed E-state index contributed by atoms with van der Waals surface area (Å²) < 4.78 is 0. The van der Waals surface area contributed by atoms with Crippen LogP contribution in [0.25, 0.3) is 0 Å². The number of nitrogens with two attached hydrogens (primary N) is 1. The van der Waals surface area contributed by atoms with Crippen molar-refractivity contribution >= 4 is 23.1 Å². The lowest BCUT2D eigenvalue weighted by Gasteiger charge is -2.56. The fraction of sp³-hybridized carbons (Fsp3) is 0.867. The number of rotatable bonds is 3. The van der Waals surface area contributed by atoms with E-state index in [1.54, 1.807) is 4.90 Å². The Kier molecular flexibility index (Phi) is 3.12. The molecule has 1 amide bonds. The molecule has 0 radical (unpaired) electrons. The molecule has 4 bridgehead atoms. The van der Waals surface area contributed by atoms with Crippen molar-refractivity contribution in [2.75, 3.05) is 7.05 Å². The van der Waals surface area contributed by atoms with Crippen molar-refractivity contribution in [2.24, 2.45) is 28.9 Å². The molecule has 0 heterocycles. The van der Waals surface area contributed by atoms with Gasteiger partial charge >= 0.3 is 0 Å². The third kappa shape index (κ3) is 2.08. The SMILES string of the molecule is CC(C(N)=S)N(C)C(=O)C12CC3CC(CC(C3)C1)C2. The monoisotopic (exact) mass is 280 g/mol. The van der Waals surface area contributed by atoms with Gasteiger partial charge < -0.3 is 10.6 Å². The first-order chi connectivity index (χ1) is 8.91. The van der Waals surface area contributed by atoms with E-state index < -0.39 is 0 Å². The van der Waals surface area contributed by atoms with Gasteiger partial charge in [-0.15, -0.1) is 0 Å². The van der Waals surface area contributed by atoms with Gasteiger partial charge in [0.15, 0.2) is 0 Å². The van der Waals surface area contributed by atoms with Crippen LogP contribution in [0.2, 0.25) is 0 Å². The molecule has 1 unspecified atom stereocenters. The molecule has 0 saturated heterocycles. The molecule has 3 nitrogen and oxygen atoms in total. The summed E-state index contributed by atoms with van der Waals surface area (Å²) in [6.07, 6.45) is 7.40. The Morgan fingerprint density at radius 2 is 1.63 bits per heavy atom. The number of likely N-dealkylation sites (N-methyl/N-ethyl adjacent to an activating group) is 1. The van der Waals surface area contributed by atoms with Gasteiger partial charge in [0.2, 0.25) is 5.91 Å². The number of nitrogens with zero attached hydrogens (tertiary/aromatic N) is 1. The smallest absolute Gasteiger partial charge is 0.229 e. The lowest BCUT2D eigenvalue weighted by molar-refractivity contribution is -0.157. The predicted molar refractivity (Wildman–Crippen MR) is 79.6 cm³/mol. The first kappa shape index (κ1) is 13.3. The molecule has 2 N–H and O–H groups in total. The van der Waals surface area contributed by atoms with Crippen LogP contribution in [0.3, 0.4) is 0 Å². The van der Waals surface area contributed by atoms with Gasteiger partial charge in [-0.25, -0.2) is 0 Å². The van der Waals surface area contributed by atoms with Crippen LogP contribution in [0.4, 0.5) is 0 Å². The molecule has 0 aromatic heterocycles. The number of carbonyl (C=O) groups is 1. The number of amides is 1. The van der Waals surface area contributed by atoms with Crippen molar-refractivity contribution in [3.05, 3.63) is 0 Å². The Labute approximate surface area is 120 Å². The number of thiocarbonyl (C=S) groups is 1. The second-order valence-electron chi connectivity index (χ2n) is 7.19. The van der Waals surface area contributed by atoms with Gasteiger partial charge in [-0.3, -0.25) is 4.79 Å². The van der Waals surface area contributed by atoms with E-state index in [1.165, 1.54) is 19.3 Å². The highest BCUT2D eigenvalue weighted by atomic mass is 32.1. The summed E-state index contributed by atoms with van der Waals surface area (Å²) >= 11 is 5.04. The van der Waals surface area contributed by atoms with Crippen molar-refractivity contribution in [3.8, 4) is 0 Å². The fourth-order valence-corrected chi connectivity index (χ4v) is 5.27. The Morgan fingerprint density at radius 1 is 1.21 bits per heavy atom. The van der Waals surface area contributed by atoms with Gasteiger partial charge in [0, 0.05) is 7.05 Å². The summed E-state index contributed by atoms with van der Waals surface area (Å²) in [7, 11) is 1.87. The van der Waals surface area contributed by atoms with Gasteiger partial charge in [-0.2, -0.15) is 0 Å². The summed E-state index contributed by atoms with van der Waals surface area (Å²) in [4.78, 5) is 15.2. The first-order valence-electron chi connectivity index (χ1n) is 7.48. The van der Waals surface area contributed by atoms with E-state index in [1.807, 2.05) is 14.0 Å². The van der Waals surface area contributed by atoms with E-state index in [0.29, 0.717) is 10.9 Å². The summed E-state index contributed by atoms with van der Waals surface area (Å²) in [6, 6.07) is -0.129. The highest BCUT2D eigenvalue weighted by molar-refractivity contribution is 7.80. The van der Waals surface area contributed by atoms with Crippen LogP contribution < -0.4 is 5.73 Å². The molecule has 19 heavy (non-hydrogen) atoms. The molecule has 4 rings (SSSR count). The quantitative estimate of drug-likeness (QED) is 0.807. The maximum Gasteiger partial charge on any atom is 0.229 e. The van der Waals surface area contributed by atoms with Gasteiger partial charge in [0.1, 0.15) is 0 Å². The molecule has 0 aliphatic heterocycles. The third-order valence-corrected chi connectivity index (χ3v) is 6.15. The Balaban J connectivity index is 1.81. The fourth-order valence-electron chi connectivity index (χ4n) is 5.11. The number of hydrogen-bond acceptors (Lipinski definition) is 2. The molecule has 4 saturated carbocycles. The first-order valence-corrected chi connectivity index (χ1v) is 7.89. The van der Waals surface area contributed by atoms with Crippen molar-refractivity contribution < 1.29 is 4.79 Å². The highest BCUT2D eigenvalue weighted by Gasteiger charge is 2.55. The van der Waals surface area contributed by atoms with Crippen molar-refractivity contribution in [1.82, 2.24) is 4.90 Å². The van der Waals surface area contributed by atoms with Crippen molar-refractivity contribution in [3.63, 3.8) is 0 Å². The Morgan fingerprint density at radius 3 is 2.00 bits per heavy atom. The van der Waals surface area contributed by atoms with Gasteiger partial charge in [0.05, 0.1) is 16.4 Å². The molecule has 4 aliphatic carbocycles. The topological polar surface area (TPSA) is 46.3 Å².